The zero-order chi connectivity index (χ0) is 19.8. The van der Waals surface area contributed by atoms with Gasteiger partial charge in [-0.1, -0.05) is 58.0 Å². The molecule has 0 radical (unpaired) electrons. The van der Waals surface area contributed by atoms with E-state index in [0.717, 1.165) is 12.2 Å². The number of quaternary nitrogens is 1. The molecule has 146 valence electrons. The molecule has 1 aliphatic heterocycles. The third-order valence-electron chi connectivity index (χ3n) is 4.55. The van der Waals surface area contributed by atoms with Gasteiger partial charge in [-0.3, -0.25) is 9.69 Å². The van der Waals surface area contributed by atoms with E-state index in [-0.39, 0.29) is 5.91 Å². The lowest BCUT2D eigenvalue weighted by Gasteiger charge is -2.22. The molecule has 0 saturated carbocycles. The van der Waals surface area contributed by atoms with Crippen molar-refractivity contribution in [2.45, 2.75) is 30.7 Å². The van der Waals surface area contributed by atoms with Gasteiger partial charge in [0.1, 0.15) is 17.6 Å². The van der Waals surface area contributed by atoms with E-state index in [1.54, 1.807) is 18.9 Å². The highest BCUT2D eigenvalue weighted by molar-refractivity contribution is 9.08. The van der Waals surface area contributed by atoms with Crippen LogP contribution in [0.5, 0.6) is 0 Å². The van der Waals surface area contributed by atoms with Crippen molar-refractivity contribution in [3.05, 3.63) is 54.1 Å². The van der Waals surface area contributed by atoms with Gasteiger partial charge in [-0.25, -0.2) is 0 Å². The van der Waals surface area contributed by atoms with E-state index in [9.17, 15) is 4.79 Å². The van der Waals surface area contributed by atoms with Crippen molar-refractivity contribution in [3.8, 4) is 0 Å². The summed E-state index contributed by atoms with van der Waals surface area (Å²) in [6.45, 7) is 5.92. The minimum absolute atomic E-state index is 0.0420. The molecule has 1 heterocycles. The summed E-state index contributed by atoms with van der Waals surface area (Å²) in [4.78, 5) is 16.6. The summed E-state index contributed by atoms with van der Waals surface area (Å²) >= 11 is 4.84. The SMILES string of the molecule is CBr.COCCN(C(C)=O)c1ccc2c(c1)[NH+](Cc1ccccc1)C(C)S2. The Bertz CT molecular complexity index is 742. The maximum atomic E-state index is 12.0. The van der Waals surface area contributed by atoms with Gasteiger partial charge in [0.05, 0.1) is 11.5 Å². The summed E-state index contributed by atoms with van der Waals surface area (Å²) in [5.74, 6) is 1.85. The average Bonchev–Trinajstić information content (AvgIpc) is 2.99. The summed E-state index contributed by atoms with van der Waals surface area (Å²) in [7, 11) is 1.66. The Hall–Kier alpha value is -1.34. The monoisotopic (exact) mass is 451 g/mol. The van der Waals surface area contributed by atoms with Gasteiger partial charge in [0.15, 0.2) is 0 Å². The predicted octanol–water partition coefficient (Wildman–Crippen LogP) is 3.87. The number of alkyl halides is 1. The molecule has 1 amide bonds. The lowest BCUT2D eigenvalue weighted by molar-refractivity contribution is -0.854. The molecule has 1 aliphatic rings. The molecular formula is C21H28BrN2O2S+. The summed E-state index contributed by atoms with van der Waals surface area (Å²) in [5, 5.41) is 0.454. The van der Waals surface area contributed by atoms with Gasteiger partial charge in [-0.05, 0) is 24.9 Å². The number of benzene rings is 2. The van der Waals surface area contributed by atoms with Crippen molar-refractivity contribution >= 4 is 45.0 Å². The minimum atomic E-state index is 0.0420. The summed E-state index contributed by atoms with van der Waals surface area (Å²) in [6, 6.07) is 16.9. The standard InChI is InChI=1S/C20H24N2O2S.CH3Br/c1-15(23)21(11-12-24-3)18-9-10-20-19(13-18)22(16(2)25-20)14-17-7-5-4-6-8-17;1-2/h4-10,13,16H,11-12,14H2,1-3H3;1H3/p+1. The first-order valence-electron chi connectivity index (χ1n) is 8.95. The number of rotatable bonds is 6. The largest absolute Gasteiger partial charge is 0.383 e. The Labute approximate surface area is 175 Å². The van der Waals surface area contributed by atoms with Crippen LogP contribution < -0.4 is 9.80 Å². The summed E-state index contributed by atoms with van der Waals surface area (Å²) in [6.07, 6.45) is 0. The molecule has 4 nitrogen and oxygen atoms in total. The third kappa shape index (κ3) is 5.57. The molecule has 27 heavy (non-hydrogen) atoms. The fraction of sp³-hybridized carbons (Fsp3) is 0.381. The van der Waals surface area contributed by atoms with Crippen molar-refractivity contribution in [1.29, 1.82) is 0 Å². The maximum Gasteiger partial charge on any atom is 0.223 e. The molecular weight excluding hydrogens is 424 g/mol. The number of carbonyl (C=O) groups excluding carboxylic acids is 1. The van der Waals surface area contributed by atoms with E-state index in [1.807, 2.05) is 29.7 Å². The number of halogens is 1. The van der Waals surface area contributed by atoms with Gasteiger partial charge in [0, 0.05) is 37.9 Å². The van der Waals surface area contributed by atoms with Crippen molar-refractivity contribution < 1.29 is 14.4 Å². The number of methoxy groups -OCH3 is 1. The van der Waals surface area contributed by atoms with Crippen LogP contribution in [0.2, 0.25) is 0 Å². The van der Waals surface area contributed by atoms with Crippen molar-refractivity contribution in [2.24, 2.45) is 0 Å². The molecule has 0 aliphatic carbocycles. The molecule has 0 saturated heterocycles. The van der Waals surface area contributed by atoms with Gasteiger partial charge in [0.2, 0.25) is 5.91 Å². The second-order valence-electron chi connectivity index (χ2n) is 6.29. The first kappa shape index (κ1) is 22.0. The molecule has 2 atom stereocenters. The van der Waals surface area contributed by atoms with Crippen LogP contribution in [0.4, 0.5) is 11.4 Å². The molecule has 2 unspecified atom stereocenters. The van der Waals surface area contributed by atoms with E-state index in [0.29, 0.717) is 18.5 Å². The van der Waals surface area contributed by atoms with Gasteiger partial charge >= 0.3 is 0 Å². The second kappa shape index (κ2) is 10.9. The zero-order valence-corrected chi connectivity index (χ0v) is 18.8. The summed E-state index contributed by atoms with van der Waals surface area (Å²) in [5.41, 5.74) is 3.55. The number of fused-ring (bicyclic) bond motifs is 1. The third-order valence-corrected chi connectivity index (χ3v) is 5.80. The van der Waals surface area contributed by atoms with Crippen LogP contribution in [0.3, 0.4) is 0 Å². The quantitative estimate of drug-likeness (QED) is 0.676. The molecule has 6 heteroatoms. The van der Waals surface area contributed by atoms with E-state index in [1.165, 1.54) is 21.0 Å². The maximum absolute atomic E-state index is 12.0. The van der Waals surface area contributed by atoms with Crippen LogP contribution in [0.25, 0.3) is 0 Å². The number of hydrogen-bond donors (Lipinski definition) is 1. The Kier molecular flexibility index (Phi) is 8.83. The molecule has 3 rings (SSSR count). The second-order valence-corrected chi connectivity index (χ2v) is 7.67. The van der Waals surface area contributed by atoms with E-state index < -0.39 is 0 Å². The predicted molar refractivity (Wildman–Crippen MR) is 117 cm³/mol. The minimum Gasteiger partial charge on any atom is -0.383 e. The Morgan fingerprint density at radius 3 is 2.56 bits per heavy atom. The number of hydrogen-bond acceptors (Lipinski definition) is 3. The zero-order valence-electron chi connectivity index (χ0n) is 16.4. The molecule has 0 aromatic heterocycles. The number of ether oxygens (including phenoxy) is 1. The Balaban J connectivity index is 0.00000126. The fourth-order valence-electron chi connectivity index (χ4n) is 3.23. The van der Waals surface area contributed by atoms with Crippen LogP contribution in [0.15, 0.2) is 53.4 Å². The van der Waals surface area contributed by atoms with Crippen LogP contribution in [0.1, 0.15) is 19.4 Å². The topological polar surface area (TPSA) is 34.0 Å². The number of amides is 1. The molecule has 0 fully saturated rings. The molecule has 2 aromatic rings. The number of nitrogens with zero attached hydrogens (tertiary/aromatic N) is 1. The van der Waals surface area contributed by atoms with Crippen LogP contribution >= 0.6 is 27.7 Å². The first-order valence-corrected chi connectivity index (χ1v) is 11.4. The Morgan fingerprint density at radius 1 is 1.22 bits per heavy atom. The molecule has 1 N–H and O–H groups in total. The summed E-state index contributed by atoms with van der Waals surface area (Å²) < 4.78 is 5.15. The highest BCUT2D eigenvalue weighted by Gasteiger charge is 2.33. The molecule has 2 aromatic carbocycles. The van der Waals surface area contributed by atoms with Gasteiger partial charge in [0.25, 0.3) is 0 Å². The van der Waals surface area contributed by atoms with Crippen molar-refractivity contribution in [2.75, 3.05) is 31.0 Å². The number of thioether (sulfide) groups is 1. The highest BCUT2D eigenvalue weighted by Crippen LogP contribution is 2.36. The van der Waals surface area contributed by atoms with E-state index >= 15 is 0 Å². The normalized spacial score (nSPS) is 17.7. The van der Waals surface area contributed by atoms with Gasteiger partial charge in [-0.2, -0.15) is 0 Å². The molecule has 0 spiro atoms. The smallest absolute Gasteiger partial charge is 0.223 e. The van der Waals surface area contributed by atoms with Crippen molar-refractivity contribution in [3.63, 3.8) is 0 Å². The highest BCUT2D eigenvalue weighted by atomic mass is 79.9. The number of anilines is 1. The van der Waals surface area contributed by atoms with Crippen molar-refractivity contribution in [1.82, 2.24) is 0 Å². The fourth-order valence-corrected chi connectivity index (χ4v) is 4.42. The molecule has 0 bridgehead atoms. The van der Waals surface area contributed by atoms with Gasteiger partial charge in [-0.15, -0.1) is 0 Å². The first-order chi connectivity index (χ1) is 13.1. The Morgan fingerprint density at radius 2 is 1.93 bits per heavy atom. The van der Waals surface area contributed by atoms with E-state index in [2.05, 4.69) is 59.3 Å². The van der Waals surface area contributed by atoms with E-state index in [4.69, 9.17) is 4.74 Å². The average molecular weight is 452 g/mol. The van der Waals surface area contributed by atoms with Crippen LogP contribution in [-0.2, 0) is 16.1 Å². The van der Waals surface area contributed by atoms with Crippen LogP contribution in [0, 0.1) is 0 Å². The van der Waals surface area contributed by atoms with Crippen LogP contribution in [-0.4, -0.2) is 37.4 Å². The number of carbonyl (C=O) groups is 1. The lowest BCUT2D eigenvalue weighted by Crippen LogP contribution is -3.07. The van der Waals surface area contributed by atoms with Gasteiger partial charge < -0.3 is 9.64 Å². The lowest BCUT2D eigenvalue weighted by atomic mass is 10.2. The number of nitrogens with one attached hydrogen (secondary N) is 1.